The Morgan fingerprint density at radius 2 is 2.07 bits per heavy atom. The third-order valence-corrected chi connectivity index (χ3v) is 4.63. The van der Waals surface area contributed by atoms with E-state index in [0.717, 1.165) is 30.8 Å². The molecule has 0 aliphatic carbocycles. The number of likely N-dealkylation sites (tertiary alicyclic amines) is 1. The number of nitrogens with zero attached hydrogens (tertiary/aromatic N) is 2. The van der Waals surface area contributed by atoms with Crippen molar-refractivity contribution in [2.45, 2.75) is 18.9 Å². The standard InChI is InChI=1S/C21H23N3O3/c1-26-18-9-7-17(8-10-18)23-21(25)20-6-3-11-24(20)12-13-27-19-5-2-4-16(14-19)15-22/h2,4-5,7-10,14,20H,3,6,11-13H2,1H3,(H,23,25). The molecule has 1 aliphatic heterocycles. The summed E-state index contributed by atoms with van der Waals surface area (Å²) in [5.74, 6) is 1.43. The van der Waals surface area contributed by atoms with Crippen molar-refractivity contribution in [2.75, 3.05) is 32.1 Å². The molecule has 0 radical (unpaired) electrons. The van der Waals surface area contributed by atoms with Gasteiger partial charge in [0.1, 0.15) is 18.1 Å². The average molecular weight is 365 g/mol. The molecular weight excluding hydrogens is 342 g/mol. The maximum absolute atomic E-state index is 12.6. The van der Waals surface area contributed by atoms with Gasteiger partial charge in [0.25, 0.3) is 0 Å². The zero-order chi connectivity index (χ0) is 19.1. The molecule has 1 N–H and O–H groups in total. The zero-order valence-electron chi connectivity index (χ0n) is 15.4. The molecule has 2 aromatic rings. The summed E-state index contributed by atoms with van der Waals surface area (Å²) in [5, 5.41) is 11.9. The topological polar surface area (TPSA) is 74.6 Å². The van der Waals surface area contributed by atoms with E-state index in [1.807, 2.05) is 30.3 Å². The fourth-order valence-electron chi connectivity index (χ4n) is 3.23. The number of amides is 1. The number of hydrogen-bond acceptors (Lipinski definition) is 5. The van der Waals surface area contributed by atoms with E-state index in [4.69, 9.17) is 14.7 Å². The summed E-state index contributed by atoms with van der Waals surface area (Å²) >= 11 is 0. The van der Waals surface area contributed by atoms with Crippen LogP contribution in [0.1, 0.15) is 18.4 Å². The lowest BCUT2D eigenvalue weighted by Gasteiger charge is -2.23. The third-order valence-electron chi connectivity index (χ3n) is 4.63. The largest absolute Gasteiger partial charge is 0.497 e. The molecule has 6 nitrogen and oxygen atoms in total. The quantitative estimate of drug-likeness (QED) is 0.816. The summed E-state index contributed by atoms with van der Waals surface area (Å²) in [6.07, 6.45) is 1.83. The second-order valence-electron chi connectivity index (χ2n) is 6.40. The van der Waals surface area contributed by atoms with Gasteiger partial charge in [-0.1, -0.05) is 6.07 Å². The van der Waals surface area contributed by atoms with Crippen LogP contribution in [0.3, 0.4) is 0 Å². The van der Waals surface area contributed by atoms with E-state index < -0.39 is 0 Å². The summed E-state index contributed by atoms with van der Waals surface area (Å²) in [6.45, 7) is 2.01. The van der Waals surface area contributed by atoms with Crippen molar-refractivity contribution in [3.05, 3.63) is 54.1 Å². The van der Waals surface area contributed by atoms with E-state index >= 15 is 0 Å². The van der Waals surface area contributed by atoms with Gasteiger partial charge >= 0.3 is 0 Å². The van der Waals surface area contributed by atoms with Gasteiger partial charge < -0.3 is 14.8 Å². The van der Waals surface area contributed by atoms with Gasteiger partial charge in [-0.15, -0.1) is 0 Å². The van der Waals surface area contributed by atoms with E-state index in [0.29, 0.717) is 24.5 Å². The van der Waals surface area contributed by atoms with Gasteiger partial charge in [0.05, 0.1) is 24.8 Å². The molecule has 27 heavy (non-hydrogen) atoms. The van der Waals surface area contributed by atoms with Crippen molar-refractivity contribution in [3.63, 3.8) is 0 Å². The summed E-state index contributed by atoms with van der Waals surface area (Å²) in [7, 11) is 1.61. The molecule has 1 saturated heterocycles. The second-order valence-corrected chi connectivity index (χ2v) is 6.40. The number of hydrogen-bond donors (Lipinski definition) is 1. The van der Waals surface area contributed by atoms with Crippen LogP contribution in [-0.2, 0) is 4.79 Å². The minimum Gasteiger partial charge on any atom is -0.497 e. The highest BCUT2D eigenvalue weighted by atomic mass is 16.5. The fraction of sp³-hybridized carbons (Fsp3) is 0.333. The minimum atomic E-state index is -0.152. The van der Waals surface area contributed by atoms with Gasteiger partial charge in [0, 0.05) is 12.2 Å². The maximum Gasteiger partial charge on any atom is 0.241 e. The van der Waals surface area contributed by atoms with E-state index in [1.54, 1.807) is 25.3 Å². The number of nitriles is 1. The molecule has 1 amide bonds. The van der Waals surface area contributed by atoms with Crippen LogP contribution in [0, 0.1) is 11.3 Å². The van der Waals surface area contributed by atoms with Crippen LogP contribution in [0.15, 0.2) is 48.5 Å². The molecule has 1 heterocycles. The fourth-order valence-corrected chi connectivity index (χ4v) is 3.23. The molecule has 140 valence electrons. The van der Waals surface area contributed by atoms with Gasteiger partial charge in [0.15, 0.2) is 0 Å². The van der Waals surface area contributed by atoms with Crippen LogP contribution < -0.4 is 14.8 Å². The van der Waals surface area contributed by atoms with Gasteiger partial charge in [-0.05, 0) is 61.9 Å². The predicted molar refractivity (Wildman–Crippen MR) is 103 cm³/mol. The highest BCUT2D eigenvalue weighted by Crippen LogP contribution is 2.21. The molecule has 2 aromatic carbocycles. The molecule has 1 fully saturated rings. The molecule has 1 unspecified atom stereocenters. The first-order valence-electron chi connectivity index (χ1n) is 9.01. The van der Waals surface area contributed by atoms with Crippen LogP contribution in [0.2, 0.25) is 0 Å². The van der Waals surface area contributed by atoms with Crippen molar-refractivity contribution < 1.29 is 14.3 Å². The molecule has 6 heteroatoms. The number of ether oxygens (including phenoxy) is 2. The van der Waals surface area contributed by atoms with Crippen LogP contribution in [0.5, 0.6) is 11.5 Å². The molecule has 0 spiro atoms. The summed E-state index contributed by atoms with van der Waals surface area (Å²) < 4.78 is 10.9. The summed E-state index contributed by atoms with van der Waals surface area (Å²) in [5.41, 5.74) is 1.34. The Morgan fingerprint density at radius 3 is 2.81 bits per heavy atom. The Morgan fingerprint density at radius 1 is 1.26 bits per heavy atom. The Kier molecular flexibility index (Phi) is 6.29. The first kappa shape index (κ1) is 18.7. The van der Waals surface area contributed by atoms with Crippen LogP contribution in [0.25, 0.3) is 0 Å². The minimum absolute atomic E-state index is 0.00384. The summed E-state index contributed by atoms with van der Waals surface area (Å²) in [6, 6.07) is 16.4. The highest BCUT2D eigenvalue weighted by molar-refractivity contribution is 5.95. The molecule has 1 atom stereocenters. The highest BCUT2D eigenvalue weighted by Gasteiger charge is 2.30. The van der Waals surface area contributed by atoms with Gasteiger partial charge in [-0.3, -0.25) is 9.69 Å². The number of anilines is 1. The Labute approximate surface area is 159 Å². The average Bonchev–Trinajstić information content (AvgIpc) is 3.17. The van der Waals surface area contributed by atoms with E-state index in [1.165, 1.54) is 0 Å². The van der Waals surface area contributed by atoms with Gasteiger partial charge in [-0.2, -0.15) is 5.26 Å². The van der Waals surface area contributed by atoms with Gasteiger partial charge in [-0.25, -0.2) is 0 Å². The first-order chi connectivity index (χ1) is 13.2. The molecule has 0 bridgehead atoms. The number of carbonyl (C=O) groups is 1. The lowest BCUT2D eigenvalue weighted by Crippen LogP contribution is -2.41. The molecule has 0 aromatic heterocycles. The van der Waals surface area contributed by atoms with Crippen LogP contribution >= 0.6 is 0 Å². The molecule has 3 rings (SSSR count). The van der Waals surface area contributed by atoms with Crippen molar-refractivity contribution in [1.29, 1.82) is 5.26 Å². The van der Waals surface area contributed by atoms with Crippen LogP contribution in [0.4, 0.5) is 5.69 Å². The molecule has 0 saturated carbocycles. The number of nitrogens with one attached hydrogen (secondary N) is 1. The van der Waals surface area contributed by atoms with Crippen molar-refractivity contribution >= 4 is 11.6 Å². The lowest BCUT2D eigenvalue weighted by molar-refractivity contribution is -0.120. The summed E-state index contributed by atoms with van der Waals surface area (Å²) in [4.78, 5) is 14.8. The first-order valence-corrected chi connectivity index (χ1v) is 9.01. The van der Waals surface area contributed by atoms with E-state index in [2.05, 4.69) is 16.3 Å². The third kappa shape index (κ3) is 4.99. The monoisotopic (exact) mass is 365 g/mol. The SMILES string of the molecule is COc1ccc(NC(=O)C2CCCN2CCOc2cccc(C#N)c2)cc1. The molecular formula is C21H23N3O3. The second kappa shape index (κ2) is 9.06. The van der Waals surface area contributed by atoms with Crippen molar-refractivity contribution in [3.8, 4) is 17.6 Å². The normalized spacial score (nSPS) is 16.5. The zero-order valence-corrected chi connectivity index (χ0v) is 15.4. The molecule has 1 aliphatic rings. The number of rotatable bonds is 7. The lowest BCUT2D eigenvalue weighted by atomic mass is 10.2. The Bertz CT molecular complexity index is 814. The number of carbonyl (C=O) groups excluding carboxylic acids is 1. The Balaban J connectivity index is 1.51. The Hall–Kier alpha value is -3.04. The van der Waals surface area contributed by atoms with Gasteiger partial charge in [0.2, 0.25) is 5.91 Å². The number of methoxy groups -OCH3 is 1. The van der Waals surface area contributed by atoms with Crippen molar-refractivity contribution in [1.82, 2.24) is 4.90 Å². The van der Waals surface area contributed by atoms with Crippen molar-refractivity contribution in [2.24, 2.45) is 0 Å². The van der Waals surface area contributed by atoms with Crippen LogP contribution in [-0.4, -0.2) is 43.7 Å². The number of benzene rings is 2. The predicted octanol–water partition coefficient (Wildman–Crippen LogP) is 3.05. The smallest absolute Gasteiger partial charge is 0.241 e. The maximum atomic E-state index is 12.6. The van der Waals surface area contributed by atoms with E-state index in [9.17, 15) is 4.79 Å². The van der Waals surface area contributed by atoms with E-state index in [-0.39, 0.29) is 11.9 Å².